The van der Waals surface area contributed by atoms with Crippen LogP contribution in [-0.4, -0.2) is 44.7 Å². The van der Waals surface area contributed by atoms with Gasteiger partial charge in [-0.15, -0.1) is 8.78 Å². The molecule has 0 unspecified atom stereocenters. The Morgan fingerprint density at radius 1 is 1.22 bits per heavy atom. The third-order valence-corrected chi connectivity index (χ3v) is 7.39. The fourth-order valence-corrected chi connectivity index (χ4v) is 4.69. The summed E-state index contributed by atoms with van der Waals surface area (Å²) in [7, 11) is 0. The van der Waals surface area contributed by atoms with Crippen LogP contribution < -0.4 is 14.8 Å². The van der Waals surface area contributed by atoms with Crippen molar-refractivity contribution in [1.29, 1.82) is 0 Å². The highest BCUT2D eigenvalue weighted by atomic mass is 19.3. The number of alkyl halides is 2. The van der Waals surface area contributed by atoms with E-state index in [0.717, 1.165) is 12.1 Å². The lowest BCUT2D eigenvalue weighted by atomic mass is 9.86. The van der Waals surface area contributed by atoms with Gasteiger partial charge >= 0.3 is 6.29 Å². The van der Waals surface area contributed by atoms with Crippen molar-refractivity contribution in [2.45, 2.75) is 69.8 Å². The lowest BCUT2D eigenvalue weighted by Gasteiger charge is -2.26. The number of aliphatic hydroxyl groups excluding tert-OH is 2. The molecule has 3 aromatic rings. The Labute approximate surface area is 211 Å². The smallest absolute Gasteiger partial charge is 0.395 e. The van der Waals surface area contributed by atoms with E-state index >= 15 is 4.39 Å². The highest BCUT2D eigenvalue weighted by Gasteiger charge is 2.53. The number of fused-ring (bicyclic) bond motifs is 2. The molecule has 0 bridgehead atoms. The van der Waals surface area contributed by atoms with Gasteiger partial charge in [-0.05, 0) is 43.0 Å². The second kappa shape index (κ2) is 8.63. The van der Waals surface area contributed by atoms with Crippen molar-refractivity contribution >= 4 is 22.8 Å². The van der Waals surface area contributed by atoms with E-state index in [4.69, 9.17) is 0 Å². The van der Waals surface area contributed by atoms with Crippen LogP contribution in [0.15, 0.2) is 30.3 Å². The average molecular weight is 520 g/mol. The molecule has 3 heterocycles. The second-order valence-electron chi connectivity index (χ2n) is 10.3. The van der Waals surface area contributed by atoms with Crippen LogP contribution in [0.3, 0.4) is 0 Å². The molecule has 2 aromatic heterocycles. The Kier molecular flexibility index (Phi) is 5.91. The van der Waals surface area contributed by atoms with Gasteiger partial charge in [-0.25, -0.2) is 9.37 Å². The van der Waals surface area contributed by atoms with E-state index in [2.05, 4.69) is 19.8 Å². The van der Waals surface area contributed by atoms with E-state index in [1.165, 1.54) is 24.3 Å². The van der Waals surface area contributed by atoms with Gasteiger partial charge in [0.2, 0.25) is 5.91 Å². The van der Waals surface area contributed by atoms with Crippen molar-refractivity contribution in [3.63, 3.8) is 0 Å². The molecular weight excluding hydrogens is 491 g/mol. The molecule has 0 radical (unpaired) electrons. The van der Waals surface area contributed by atoms with Crippen LogP contribution in [0.25, 0.3) is 11.0 Å². The minimum Gasteiger partial charge on any atom is -0.395 e. The first-order valence-corrected chi connectivity index (χ1v) is 12.1. The van der Waals surface area contributed by atoms with E-state index in [1.54, 1.807) is 10.6 Å². The number of anilines is 1. The molecule has 0 spiro atoms. The molecule has 1 saturated carbocycles. The summed E-state index contributed by atoms with van der Waals surface area (Å²) in [6, 6.07) is 7.24. The predicted octanol–water partition coefficient (Wildman–Crippen LogP) is 4.21. The van der Waals surface area contributed by atoms with Crippen molar-refractivity contribution < 1.29 is 37.7 Å². The Bertz CT molecular complexity index is 1380. The standard InChI is InChI=1S/C26H28F3N3O5/c1-4-24(2,3)21-11-17-18(32(21)12-15(34)13-33)10-16(27)22(30-17)31-23(35)25(7-8-25)14-5-6-19-20(9-14)37-26(28,29)36-19/h5-6,9-11,15,33-34H,4,7-8,12-13H2,1-3H3,(H,30,31,35)/t15-/m1/s1. The van der Waals surface area contributed by atoms with Gasteiger partial charge in [0.25, 0.3) is 0 Å². The number of rotatable bonds is 8. The first-order chi connectivity index (χ1) is 17.4. The molecule has 5 rings (SSSR count). The number of nitrogens with one attached hydrogen (secondary N) is 1. The van der Waals surface area contributed by atoms with E-state index < -0.39 is 36.1 Å². The van der Waals surface area contributed by atoms with Crippen LogP contribution in [0.2, 0.25) is 0 Å². The number of nitrogens with zero attached hydrogens (tertiary/aromatic N) is 2. The molecule has 1 amide bonds. The molecule has 8 nitrogen and oxygen atoms in total. The first-order valence-electron chi connectivity index (χ1n) is 12.1. The quantitative estimate of drug-likeness (QED) is 0.412. The molecule has 3 N–H and O–H groups in total. The molecule has 11 heteroatoms. The van der Waals surface area contributed by atoms with E-state index in [-0.39, 0.29) is 29.3 Å². The Morgan fingerprint density at radius 3 is 2.57 bits per heavy atom. The van der Waals surface area contributed by atoms with Crippen molar-refractivity contribution in [2.24, 2.45) is 0 Å². The predicted molar refractivity (Wildman–Crippen MR) is 128 cm³/mol. The van der Waals surface area contributed by atoms with Crippen molar-refractivity contribution in [3.05, 3.63) is 47.4 Å². The van der Waals surface area contributed by atoms with Gasteiger partial charge in [-0.1, -0.05) is 26.8 Å². The zero-order chi connectivity index (χ0) is 26.8. The number of hydrogen-bond acceptors (Lipinski definition) is 6. The van der Waals surface area contributed by atoms with Crippen molar-refractivity contribution in [1.82, 2.24) is 9.55 Å². The van der Waals surface area contributed by atoms with Crippen molar-refractivity contribution in [3.8, 4) is 11.5 Å². The number of aromatic nitrogens is 2. The lowest BCUT2D eigenvalue weighted by Crippen LogP contribution is -2.28. The molecule has 1 aliphatic heterocycles. The maximum atomic E-state index is 15.2. The summed E-state index contributed by atoms with van der Waals surface area (Å²) in [4.78, 5) is 17.6. The molecule has 2 aliphatic rings. The third kappa shape index (κ3) is 4.40. The molecule has 198 valence electrons. The first kappa shape index (κ1) is 25.3. The number of benzene rings is 1. The number of pyridine rings is 1. The van der Waals surface area contributed by atoms with Crippen LogP contribution in [-0.2, 0) is 22.2 Å². The lowest BCUT2D eigenvalue weighted by molar-refractivity contribution is -0.286. The fraction of sp³-hybridized carbons (Fsp3) is 0.462. The van der Waals surface area contributed by atoms with Gasteiger partial charge in [-0.3, -0.25) is 4.79 Å². The molecule has 1 atom stereocenters. The number of hydrogen-bond donors (Lipinski definition) is 3. The molecule has 1 aromatic carbocycles. The SMILES string of the molecule is CCC(C)(C)c1cc2nc(NC(=O)C3(c4ccc5c(c4)OC(F)(F)O5)CC3)c(F)cc2n1C[C@@H](O)CO. The van der Waals surface area contributed by atoms with Gasteiger partial charge in [0.15, 0.2) is 23.1 Å². The molecule has 0 saturated heterocycles. The normalized spacial score (nSPS) is 18.2. The second-order valence-corrected chi connectivity index (χ2v) is 10.3. The number of aliphatic hydroxyl groups is 2. The summed E-state index contributed by atoms with van der Waals surface area (Å²) in [5.74, 6) is -1.81. The molecule has 37 heavy (non-hydrogen) atoms. The summed E-state index contributed by atoms with van der Waals surface area (Å²) >= 11 is 0. The molecule has 1 aliphatic carbocycles. The summed E-state index contributed by atoms with van der Waals surface area (Å²) in [6.07, 6.45) is -3.15. The number of carbonyl (C=O) groups excluding carboxylic acids is 1. The van der Waals surface area contributed by atoms with Gasteiger partial charge in [0, 0.05) is 17.2 Å². The largest absolute Gasteiger partial charge is 0.586 e. The summed E-state index contributed by atoms with van der Waals surface area (Å²) in [5.41, 5.74) is 0.771. The van der Waals surface area contributed by atoms with Gasteiger partial charge in [0.05, 0.1) is 35.7 Å². The maximum absolute atomic E-state index is 15.2. The Hall–Kier alpha value is -3.31. The van der Waals surface area contributed by atoms with E-state index in [1.807, 2.05) is 20.8 Å². The average Bonchev–Trinajstić information content (AvgIpc) is 3.50. The minimum atomic E-state index is -3.77. The van der Waals surface area contributed by atoms with Crippen molar-refractivity contribution in [2.75, 3.05) is 11.9 Å². The van der Waals surface area contributed by atoms with E-state index in [0.29, 0.717) is 29.4 Å². The minimum absolute atomic E-state index is 0.0534. The highest BCUT2D eigenvalue weighted by molar-refractivity contribution is 6.01. The number of amides is 1. The summed E-state index contributed by atoms with van der Waals surface area (Å²) in [6.45, 7) is 5.64. The van der Waals surface area contributed by atoms with Crippen LogP contribution in [0.4, 0.5) is 19.0 Å². The summed E-state index contributed by atoms with van der Waals surface area (Å²) < 4.78 is 52.7. The van der Waals surface area contributed by atoms with Gasteiger partial charge in [0.1, 0.15) is 0 Å². The van der Waals surface area contributed by atoms with Crippen LogP contribution in [0.1, 0.15) is 51.3 Å². The van der Waals surface area contributed by atoms with Gasteiger partial charge in [-0.2, -0.15) is 0 Å². The Balaban J connectivity index is 1.46. The molecular formula is C26H28F3N3O5. The zero-order valence-corrected chi connectivity index (χ0v) is 20.6. The number of halogens is 3. The molecule has 1 fully saturated rings. The highest BCUT2D eigenvalue weighted by Crippen LogP contribution is 2.52. The zero-order valence-electron chi connectivity index (χ0n) is 20.6. The Morgan fingerprint density at radius 2 is 1.92 bits per heavy atom. The fourth-order valence-electron chi connectivity index (χ4n) is 4.69. The third-order valence-electron chi connectivity index (χ3n) is 7.39. The monoisotopic (exact) mass is 519 g/mol. The topological polar surface area (TPSA) is 106 Å². The van der Waals surface area contributed by atoms with E-state index in [9.17, 15) is 23.8 Å². The van der Waals surface area contributed by atoms with Crippen LogP contribution in [0, 0.1) is 5.82 Å². The number of ether oxygens (including phenoxy) is 2. The summed E-state index contributed by atoms with van der Waals surface area (Å²) in [5, 5.41) is 22.0. The van der Waals surface area contributed by atoms with Crippen LogP contribution >= 0.6 is 0 Å². The number of carbonyl (C=O) groups is 1. The maximum Gasteiger partial charge on any atom is 0.586 e. The van der Waals surface area contributed by atoms with Gasteiger partial charge < -0.3 is 29.6 Å². The van der Waals surface area contributed by atoms with Crippen LogP contribution in [0.5, 0.6) is 11.5 Å².